The molecule has 1 aromatic heterocycles. The van der Waals surface area contributed by atoms with Crippen LogP contribution in [0.2, 0.25) is 0 Å². The second-order valence-corrected chi connectivity index (χ2v) is 5.95. The van der Waals surface area contributed by atoms with Crippen LogP contribution in [0.5, 0.6) is 0 Å². The van der Waals surface area contributed by atoms with Gasteiger partial charge in [-0.3, -0.25) is 4.79 Å². The zero-order chi connectivity index (χ0) is 14.3. The topological polar surface area (TPSA) is 72.1 Å². The quantitative estimate of drug-likeness (QED) is 0.862. The molecule has 1 aliphatic heterocycles. The first-order valence-corrected chi connectivity index (χ1v) is 7.38. The van der Waals surface area contributed by atoms with Crippen molar-refractivity contribution in [2.24, 2.45) is 0 Å². The van der Waals surface area contributed by atoms with E-state index in [9.17, 15) is 4.79 Å². The highest BCUT2D eigenvalue weighted by Gasteiger charge is 2.30. The highest BCUT2D eigenvalue weighted by atomic mass is 32.1. The molecule has 0 bridgehead atoms. The molecule has 5 nitrogen and oxygen atoms in total. The van der Waals surface area contributed by atoms with Gasteiger partial charge in [0.1, 0.15) is 4.88 Å². The van der Waals surface area contributed by atoms with Gasteiger partial charge in [0.2, 0.25) is 0 Å². The monoisotopic (exact) mass is 288 g/mol. The van der Waals surface area contributed by atoms with E-state index in [1.54, 1.807) is 4.90 Å². The van der Waals surface area contributed by atoms with Crippen molar-refractivity contribution in [1.29, 1.82) is 0 Å². The summed E-state index contributed by atoms with van der Waals surface area (Å²) in [5.74, 6) is 0.170. The molecule has 0 fully saturated rings. The lowest BCUT2D eigenvalue weighted by Crippen LogP contribution is -2.29. The van der Waals surface area contributed by atoms with Crippen LogP contribution >= 0.6 is 11.5 Å². The third-order valence-corrected chi connectivity index (χ3v) is 4.29. The number of hydrogen-bond donors (Lipinski definition) is 1. The highest BCUT2D eigenvalue weighted by molar-refractivity contribution is 7.08. The fourth-order valence-corrected chi connectivity index (χ4v) is 3.29. The third kappa shape index (κ3) is 1.96. The van der Waals surface area contributed by atoms with Crippen LogP contribution in [0.3, 0.4) is 0 Å². The molecule has 2 N–H and O–H groups in total. The number of carbonyl (C=O) groups excluding carboxylic acids is 1. The second kappa shape index (κ2) is 4.86. The van der Waals surface area contributed by atoms with E-state index in [1.165, 1.54) is 11.5 Å². The summed E-state index contributed by atoms with van der Waals surface area (Å²) < 4.78 is 3.93. The van der Waals surface area contributed by atoms with Gasteiger partial charge in [0.05, 0.1) is 5.69 Å². The Labute approximate surface area is 121 Å². The average molecular weight is 288 g/mol. The number of benzene rings is 1. The number of nitrogens with two attached hydrogens (primary N) is 1. The Balaban J connectivity index is 1.98. The van der Waals surface area contributed by atoms with Crippen LogP contribution in [0.4, 0.5) is 11.4 Å². The summed E-state index contributed by atoms with van der Waals surface area (Å²) in [4.78, 5) is 15.1. The number of aromatic nitrogens is 2. The highest BCUT2D eigenvalue weighted by Crippen LogP contribution is 2.34. The zero-order valence-electron chi connectivity index (χ0n) is 11.5. The molecule has 0 spiro atoms. The molecule has 0 unspecified atom stereocenters. The van der Waals surface area contributed by atoms with Crippen LogP contribution in [0.25, 0.3) is 0 Å². The summed E-state index contributed by atoms with van der Waals surface area (Å²) in [5.41, 5.74) is 9.47. The average Bonchev–Trinajstić information content (AvgIpc) is 3.05. The minimum atomic E-state index is -0.0203. The van der Waals surface area contributed by atoms with Gasteiger partial charge in [-0.1, -0.05) is 24.4 Å². The van der Waals surface area contributed by atoms with E-state index in [1.807, 2.05) is 32.0 Å². The maximum absolute atomic E-state index is 12.7. The number of anilines is 2. The number of amides is 1. The van der Waals surface area contributed by atoms with Gasteiger partial charge < -0.3 is 10.6 Å². The van der Waals surface area contributed by atoms with E-state index in [-0.39, 0.29) is 11.8 Å². The van der Waals surface area contributed by atoms with Crippen molar-refractivity contribution >= 4 is 28.8 Å². The van der Waals surface area contributed by atoms with Gasteiger partial charge in [-0.15, -0.1) is 5.10 Å². The first-order valence-electron chi connectivity index (χ1n) is 6.61. The molecule has 1 aromatic carbocycles. The maximum Gasteiger partial charge on any atom is 0.271 e. The van der Waals surface area contributed by atoms with Gasteiger partial charge in [-0.25, -0.2) is 0 Å². The van der Waals surface area contributed by atoms with Crippen molar-refractivity contribution in [3.63, 3.8) is 0 Å². The van der Waals surface area contributed by atoms with Gasteiger partial charge in [0.25, 0.3) is 5.91 Å². The Morgan fingerprint density at radius 3 is 3.00 bits per heavy atom. The number of nitrogen functional groups attached to an aromatic ring is 1. The van der Waals surface area contributed by atoms with Crippen LogP contribution < -0.4 is 10.6 Å². The van der Waals surface area contributed by atoms with E-state index >= 15 is 0 Å². The minimum absolute atomic E-state index is 0.0203. The molecular weight excluding hydrogens is 272 g/mol. The lowest BCUT2D eigenvalue weighted by molar-refractivity contribution is 0.0992. The first kappa shape index (κ1) is 13.1. The molecule has 6 heteroatoms. The predicted octanol–water partition coefficient (Wildman–Crippen LogP) is 2.45. The van der Waals surface area contributed by atoms with E-state index in [0.717, 1.165) is 29.1 Å². The van der Waals surface area contributed by atoms with E-state index in [4.69, 9.17) is 5.73 Å². The number of rotatable bonds is 2. The predicted molar refractivity (Wildman–Crippen MR) is 80.2 cm³/mol. The third-order valence-electron chi connectivity index (χ3n) is 3.56. The molecule has 1 aliphatic rings. The number of fused-ring (bicyclic) bond motifs is 1. The first-order chi connectivity index (χ1) is 9.59. The Hall–Kier alpha value is -1.95. The normalized spacial score (nSPS) is 13.8. The van der Waals surface area contributed by atoms with Crippen LogP contribution in [0.15, 0.2) is 18.2 Å². The van der Waals surface area contributed by atoms with E-state index < -0.39 is 0 Å². The zero-order valence-corrected chi connectivity index (χ0v) is 12.3. The SMILES string of the molecule is CC(C)c1nnsc1C(=O)N1CCc2c(N)cccc21. The lowest BCUT2D eigenvalue weighted by atomic mass is 10.1. The smallest absolute Gasteiger partial charge is 0.271 e. The standard InChI is InChI=1S/C14H16N4OS/c1-8(2)12-13(20-17-16-12)14(19)18-7-6-9-10(15)4-3-5-11(9)18/h3-5,8H,6-7,15H2,1-2H3. The Morgan fingerprint density at radius 2 is 2.25 bits per heavy atom. The number of carbonyl (C=O) groups is 1. The number of nitrogens with zero attached hydrogens (tertiary/aromatic N) is 3. The molecule has 3 rings (SSSR count). The molecule has 0 aliphatic carbocycles. The van der Waals surface area contributed by atoms with E-state index in [0.29, 0.717) is 11.4 Å². The number of hydrogen-bond acceptors (Lipinski definition) is 5. The van der Waals surface area contributed by atoms with Crippen LogP contribution in [0.1, 0.15) is 40.7 Å². The van der Waals surface area contributed by atoms with Crippen molar-refractivity contribution in [2.45, 2.75) is 26.2 Å². The van der Waals surface area contributed by atoms with Crippen LogP contribution in [0, 0.1) is 0 Å². The molecule has 0 radical (unpaired) electrons. The lowest BCUT2D eigenvalue weighted by Gasteiger charge is -2.17. The van der Waals surface area contributed by atoms with Gasteiger partial charge in [-0.05, 0) is 36.0 Å². The van der Waals surface area contributed by atoms with Gasteiger partial charge in [0, 0.05) is 23.5 Å². The van der Waals surface area contributed by atoms with Gasteiger partial charge in [-0.2, -0.15) is 0 Å². The molecular formula is C14H16N4OS. The Bertz CT molecular complexity index is 665. The molecule has 0 saturated carbocycles. The van der Waals surface area contributed by atoms with Crippen molar-refractivity contribution in [1.82, 2.24) is 9.59 Å². The Kier molecular flexibility index (Phi) is 3.17. The maximum atomic E-state index is 12.7. The molecule has 104 valence electrons. The van der Waals surface area contributed by atoms with E-state index in [2.05, 4.69) is 9.59 Å². The summed E-state index contributed by atoms with van der Waals surface area (Å²) >= 11 is 1.17. The van der Waals surface area contributed by atoms with Crippen molar-refractivity contribution < 1.29 is 4.79 Å². The summed E-state index contributed by atoms with van der Waals surface area (Å²) in [6, 6.07) is 5.70. The molecule has 0 atom stereocenters. The summed E-state index contributed by atoms with van der Waals surface area (Å²) in [6.45, 7) is 4.70. The fourth-order valence-electron chi connectivity index (χ4n) is 2.52. The largest absolute Gasteiger partial charge is 0.398 e. The fraction of sp³-hybridized carbons (Fsp3) is 0.357. The van der Waals surface area contributed by atoms with Gasteiger partial charge >= 0.3 is 0 Å². The molecule has 2 aromatic rings. The van der Waals surface area contributed by atoms with Crippen molar-refractivity contribution in [2.75, 3.05) is 17.2 Å². The van der Waals surface area contributed by atoms with Crippen LogP contribution in [-0.4, -0.2) is 22.0 Å². The Morgan fingerprint density at radius 1 is 1.45 bits per heavy atom. The van der Waals surface area contributed by atoms with Crippen LogP contribution in [-0.2, 0) is 6.42 Å². The van der Waals surface area contributed by atoms with Crippen molar-refractivity contribution in [3.8, 4) is 0 Å². The summed E-state index contributed by atoms with van der Waals surface area (Å²) in [5, 5.41) is 4.08. The summed E-state index contributed by atoms with van der Waals surface area (Å²) in [7, 11) is 0. The summed E-state index contributed by atoms with van der Waals surface area (Å²) in [6.07, 6.45) is 0.803. The van der Waals surface area contributed by atoms with Gasteiger partial charge in [0.15, 0.2) is 0 Å². The molecule has 1 amide bonds. The molecule has 0 saturated heterocycles. The minimum Gasteiger partial charge on any atom is -0.398 e. The molecule has 2 heterocycles. The van der Waals surface area contributed by atoms with Crippen molar-refractivity contribution in [3.05, 3.63) is 34.3 Å². The molecule has 20 heavy (non-hydrogen) atoms. The second-order valence-electron chi connectivity index (χ2n) is 5.19.